The molecule has 0 unspecified atom stereocenters. The molecule has 1 aromatic heterocycles. The summed E-state index contributed by atoms with van der Waals surface area (Å²) in [6, 6.07) is 1.35. The number of hydrogen-bond acceptors (Lipinski definition) is 1. The van der Waals surface area contributed by atoms with E-state index < -0.39 is 11.6 Å². The van der Waals surface area contributed by atoms with E-state index in [0.29, 0.717) is 4.47 Å². The van der Waals surface area contributed by atoms with Crippen molar-refractivity contribution < 1.29 is 8.78 Å². The van der Waals surface area contributed by atoms with Crippen LogP contribution in [0.15, 0.2) is 16.7 Å². The van der Waals surface area contributed by atoms with Crippen LogP contribution in [0.5, 0.6) is 0 Å². The maximum atomic E-state index is 12.6. The van der Waals surface area contributed by atoms with Crippen molar-refractivity contribution in [3.8, 4) is 0 Å². The van der Waals surface area contributed by atoms with Crippen molar-refractivity contribution in [2.24, 2.45) is 0 Å². The van der Waals surface area contributed by atoms with Gasteiger partial charge in [0.1, 0.15) is 5.69 Å². The lowest BCUT2D eigenvalue weighted by Crippen LogP contribution is -2.10. The zero-order valence-electron chi connectivity index (χ0n) is 5.82. The summed E-state index contributed by atoms with van der Waals surface area (Å²) in [4.78, 5) is 3.46. The lowest BCUT2D eigenvalue weighted by Gasteiger charge is -2.10. The smallest absolute Gasteiger partial charge is 0.252 e. The number of pyridine rings is 1. The Labute approximate surface area is 81.9 Å². The monoisotopic (exact) mass is 254 g/mol. The van der Waals surface area contributed by atoms with Crippen LogP contribution in [0, 0.1) is 6.92 Å². The third-order valence-corrected chi connectivity index (χ3v) is 1.88. The maximum Gasteiger partial charge on any atom is 0.291 e. The van der Waals surface area contributed by atoms with Gasteiger partial charge in [-0.15, -0.1) is 0 Å². The molecule has 0 saturated heterocycles. The van der Waals surface area contributed by atoms with E-state index >= 15 is 0 Å². The molecule has 5 heteroatoms. The number of nitrogens with zero attached hydrogens (tertiary/aromatic N) is 1. The van der Waals surface area contributed by atoms with Crippen molar-refractivity contribution in [3.63, 3.8) is 0 Å². The molecule has 0 aliphatic carbocycles. The van der Waals surface area contributed by atoms with Crippen LogP contribution in [0.25, 0.3) is 0 Å². The standard InChI is InChI=1S/C7H4BrClF2N/c1-7(10,11)6-5(9)2-4(8)3-12-6/h2-3H,1H2. The SMILES string of the molecule is [CH2]C(F)(F)c1ncc(Br)cc1Cl. The van der Waals surface area contributed by atoms with Gasteiger partial charge in [-0.05, 0) is 22.0 Å². The molecule has 1 nitrogen and oxygen atoms in total. The minimum atomic E-state index is -3.24. The first kappa shape index (κ1) is 9.86. The molecule has 0 atom stereocenters. The largest absolute Gasteiger partial charge is 0.291 e. The predicted molar refractivity (Wildman–Crippen MR) is 46.2 cm³/mol. The third-order valence-electron chi connectivity index (χ3n) is 1.15. The van der Waals surface area contributed by atoms with Crippen LogP contribution in [-0.4, -0.2) is 4.98 Å². The highest BCUT2D eigenvalue weighted by molar-refractivity contribution is 9.10. The Bertz CT molecular complexity index is 298. The molecule has 0 aromatic carbocycles. The maximum absolute atomic E-state index is 12.6. The molecule has 1 heterocycles. The summed E-state index contributed by atoms with van der Waals surface area (Å²) in [6.45, 7) is 2.64. The van der Waals surface area contributed by atoms with Crippen molar-refractivity contribution >= 4 is 27.5 Å². The van der Waals surface area contributed by atoms with Crippen molar-refractivity contribution in [2.75, 3.05) is 0 Å². The first-order valence-electron chi connectivity index (χ1n) is 2.96. The van der Waals surface area contributed by atoms with E-state index in [1.54, 1.807) is 0 Å². The van der Waals surface area contributed by atoms with E-state index in [9.17, 15) is 8.78 Å². The molecule has 0 saturated carbocycles. The molecule has 65 valence electrons. The van der Waals surface area contributed by atoms with Crippen molar-refractivity contribution in [2.45, 2.75) is 5.92 Å². The summed E-state index contributed by atoms with van der Waals surface area (Å²) in [7, 11) is 0. The van der Waals surface area contributed by atoms with Gasteiger partial charge in [-0.2, -0.15) is 8.78 Å². The molecule has 1 radical (unpaired) electrons. The van der Waals surface area contributed by atoms with E-state index in [1.165, 1.54) is 12.3 Å². The molecule has 0 fully saturated rings. The summed E-state index contributed by atoms with van der Waals surface area (Å²) in [5, 5.41) is -0.0932. The lowest BCUT2D eigenvalue weighted by atomic mass is 10.2. The van der Waals surface area contributed by atoms with Crippen molar-refractivity contribution in [1.29, 1.82) is 0 Å². The van der Waals surface area contributed by atoms with Gasteiger partial charge in [-0.1, -0.05) is 11.6 Å². The predicted octanol–water partition coefficient (Wildman–Crippen LogP) is 3.42. The third kappa shape index (κ3) is 2.14. The van der Waals surface area contributed by atoms with Crippen molar-refractivity contribution in [1.82, 2.24) is 4.98 Å². The van der Waals surface area contributed by atoms with Crippen LogP contribution in [0.3, 0.4) is 0 Å². The molecule has 1 aromatic rings. The molecule has 0 bridgehead atoms. The Morgan fingerprint density at radius 1 is 1.58 bits per heavy atom. The number of aromatic nitrogens is 1. The van der Waals surface area contributed by atoms with Crippen LogP contribution < -0.4 is 0 Å². The van der Waals surface area contributed by atoms with Gasteiger partial charge in [-0.25, -0.2) is 0 Å². The van der Waals surface area contributed by atoms with Gasteiger partial charge < -0.3 is 0 Å². The second-order valence-electron chi connectivity index (χ2n) is 2.19. The van der Waals surface area contributed by atoms with Gasteiger partial charge in [0.2, 0.25) is 0 Å². The van der Waals surface area contributed by atoms with Gasteiger partial charge >= 0.3 is 0 Å². The van der Waals surface area contributed by atoms with Gasteiger partial charge in [0.05, 0.1) is 5.02 Å². The fourth-order valence-electron chi connectivity index (χ4n) is 0.684. The number of alkyl halides is 2. The van der Waals surface area contributed by atoms with E-state index in [1.807, 2.05) is 0 Å². The molecule has 0 aliphatic heterocycles. The molecular formula is C7H4BrClF2N. The van der Waals surface area contributed by atoms with E-state index in [2.05, 4.69) is 27.8 Å². The van der Waals surface area contributed by atoms with Crippen molar-refractivity contribution in [3.05, 3.63) is 34.4 Å². The summed E-state index contributed by atoms with van der Waals surface area (Å²) in [6.07, 6.45) is 1.25. The van der Waals surface area contributed by atoms with Crippen LogP contribution in [0.2, 0.25) is 5.02 Å². The topological polar surface area (TPSA) is 12.9 Å². The van der Waals surface area contributed by atoms with Crippen LogP contribution in [-0.2, 0) is 5.92 Å². The fraction of sp³-hybridized carbons (Fsp3) is 0.143. The quantitative estimate of drug-likeness (QED) is 0.749. The minimum absolute atomic E-state index is 0.0932. The molecule has 0 spiro atoms. The fourth-order valence-corrected chi connectivity index (χ4v) is 1.45. The molecule has 0 amide bonds. The second-order valence-corrected chi connectivity index (χ2v) is 3.51. The summed E-state index contributed by atoms with van der Waals surface area (Å²) in [5.74, 6) is -3.24. The zero-order chi connectivity index (χ0) is 9.35. The number of hydrogen-bond donors (Lipinski definition) is 0. The summed E-state index contributed by atoms with van der Waals surface area (Å²) in [5.41, 5.74) is -0.507. The number of halogens is 4. The molecular weight excluding hydrogens is 251 g/mol. The molecule has 0 N–H and O–H groups in total. The average molecular weight is 255 g/mol. The Kier molecular flexibility index (Phi) is 2.68. The van der Waals surface area contributed by atoms with Gasteiger partial charge in [-0.3, -0.25) is 4.98 Å². The van der Waals surface area contributed by atoms with Gasteiger partial charge in [0.25, 0.3) is 5.92 Å². The Hall–Kier alpha value is -0.220. The Balaban J connectivity index is 3.19. The highest BCUT2D eigenvalue weighted by Crippen LogP contribution is 2.31. The average Bonchev–Trinajstić information content (AvgIpc) is 1.83. The molecule has 0 aliphatic rings. The van der Waals surface area contributed by atoms with E-state index in [-0.39, 0.29) is 5.02 Å². The normalized spacial score (nSPS) is 11.8. The minimum Gasteiger partial charge on any atom is -0.252 e. The van der Waals surface area contributed by atoms with Gasteiger partial charge in [0, 0.05) is 17.6 Å². The van der Waals surface area contributed by atoms with Crippen LogP contribution in [0.1, 0.15) is 5.69 Å². The van der Waals surface area contributed by atoms with E-state index in [4.69, 9.17) is 11.6 Å². The molecule has 12 heavy (non-hydrogen) atoms. The molecule has 1 rings (SSSR count). The number of rotatable bonds is 1. The highest BCUT2D eigenvalue weighted by Gasteiger charge is 2.29. The second kappa shape index (κ2) is 3.26. The Morgan fingerprint density at radius 2 is 2.17 bits per heavy atom. The first-order valence-corrected chi connectivity index (χ1v) is 4.13. The summed E-state index contributed by atoms with van der Waals surface area (Å²) >= 11 is 8.55. The van der Waals surface area contributed by atoms with Gasteiger partial charge in [0.15, 0.2) is 0 Å². The zero-order valence-corrected chi connectivity index (χ0v) is 8.16. The van der Waals surface area contributed by atoms with E-state index in [0.717, 1.165) is 0 Å². The van der Waals surface area contributed by atoms with Crippen LogP contribution >= 0.6 is 27.5 Å². The highest BCUT2D eigenvalue weighted by atomic mass is 79.9. The Morgan fingerprint density at radius 3 is 2.58 bits per heavy atom. The van der Waals surface area contributed by atoms with Crippen LogP contribution in [0.4, 0.5) is 8.78 Å². The summed E-state index contributed by atoms with van der Waals surface area (Å²) < 4.78 is 25.7. The lowest BCUT2D eigenvalue weighted by molar-refractivity contribution is 0.0439. The first-order chi connectivity index (χ1) is 5.41.